The quantitative estimate of drug-likeness (QED) is 0.686. The highest BCUT2D eigenvalue weighted by Gasteiger charge is 2.30. The highest BCUT2D eigenvalue weighted by molar-refractivity contribution is 5.69. The summed E-state index contributed by atoms with van der Waals surface area (Å²) in [5.41, 5.74) is 0. The van der Waals surface area contributed by atoms with E-state index in [1.165, 1.54) is 0 Å². The molecule has 0 radical (unpaired) electrons. The number of aliphatic carboxylic acids is 1. The number of carboxylic acid groups (broad SMARTS) is 1. The number of carboxylic acids is 1. The topological polar surface area (TPSA) is 53.0 Å². The van der Waals surface area contributed by atoms with E-state index in [2.05, 4.69) is 9.80 Å². The molecular weight excluding hydrogens is 208 g/mol. The lowest BCUT2D eigenvalue weighted by Crippen LogP contribution is -2.43. The molecule has 0 aromatic rings. The highest BCUT2D eigenvalue weighted by Crippen LogP contribution is 2.26. The smallest absolute Gasteiger partial charge is 0.317 e. The summed E-state index contributed by atoms with van der Waals surface area (Å²) in [6.07, 6.45) is 2.33. The largest absolute Gasteiger partial charge is 0.480 e. The minimum absolute atomic E-state index is 0.189. The van der Waals surface area contributed by atoms with E-state index in [1.807, 2.05) is 0 Å². The zero-order chi connectivity index (χ0) is 11.4. The Bertz CT molecular complexity index is 237. The minimum atomic E-state index is -0.714. The molecule has 1 saturated heterocycles. The predicted molar refractivity (Wildman–Crippen MR) is 59.5 cm³/mol. The van der Waals surface area contributed by atoms with Gasteiger partial charge in [-0.1, -0.05) is 0 Å². The summed E-state index contributed by atoms with van der Waals surface area (Å²) in [5.74, 6) is -0.714. The summed E-state index contributed by atoms with van der Waals surface area (Å²) in [7, 11) is 0. The van der Waals surface area contributed by atoms with Gasteiger partial charge in [-0.2, -0.15) is 0 Å². The highest BCUT2D eigenvalue weighted by atomic mass is 16.5. The van der Waals surface area contributed by atoms with Crippen molar-refractivity contribution in [1.29, 1.82) is 0 Å². The Kier molecular flexibility index (Phi) is 4.15. The number of morpholine rings is 1. The summed E-state index contributed by atoms with van der Waals surface area (Å²) < 4.78 is 5.28. The van der Waals surface area contributed by atoms with E-state index in [9.17, 15) is 4.79 Å². The molecule has 0 spiro atoms. The van der Waals surface area contributed by atoms with Crippen LogP contribution in [-0.4, -0.2) is 72.9 Å². The van der Waals surface area contributed by atoms with Crippen molar-refractivity contribution in [2.75, 3.05) is 45.9 Å². The average molecular weight is 228 g/mol. The fourth-order valence-electron chi connectivity index (χ4n) is 2.10. The molecule has 92 valence electrons. The van der Waals surface area contributed by atoms with Crippen LogP contribution in [0.4, 0.5) is 0 Å². The molecule has 0 aromatic heterocycles. The van der Waals surface area contributed by atoms with Gasteiger partial charge in [0.05, 0.1) is 19.8 Å². The molecule has 0 aromatic carbocycles. The van der Waals surface area contributed by atoms with Gasteiger partial charge in [-0.3, -0.25) is 14.6 Å². The van der Waals surface area contributed by atoms with Gasteiger partial charge < -0.3 is 9.84 Å². The maximum Gasteiger partial charge on any atom is 0.317 e. The molecule has 2 fully saturated rings. The van der Waals surface area contributed by atoms with Gasteiger partial charge in [0.1, 0.15) is 0 Å². The van der Waals surface area contributed by atoms with E-state index in [0.717, 1.165) is 52.2 Å². The van der Waals surface area contributed by atoms with Gasteiger partial charge in [-0.15, -0.1) is 0 Å². The Morgan fingerprint density at radius 3 is 2.62 bits per heavy atom. The first-order valence-electron chi connectivity index (χ1n) is 6.01. The van der Waals surface area contributed by atoms with Crippen molar-refractivity contribution in [2.45, 2.75) is 18.9 Å². The molecule has 16 heavy (non-hydrogen) atoms. The van der Waals surface area contributed by atoms with Gasteiger partial charge >= 0.3 is 5.97 Å². The first-order chi connectivity index (χ1) is 7.75. The van der Waals surface area contributed by atoms with Crippen LogP contribution in [0.2, 0.25) is 0 Å². The predicted octanol–water partition coefficient (Wildman–Crippen LogP) is -0.132. The normalized spacial score (nSPS) is 22.6. The van der Waals surface area contributed by atoms with Gasteiger partial charge in [-0.25, -0.2) is 0 Å². The van der Waals surface area contributed by atoms with E-state index in [0.29, 0.717) is 6.04 Å². The Morgan fingerprint density at radius 2 is 2.06 bits per heavy atom. The van der Waals surface area contributed by atoms with Crippen molar-refractivity contribution in [2.24, 2.45) is 0 Å². The van der Waals surface area contributed by atoms with Crippen molar-refractivity contribution in [1.82, 2.24) is 9.80 Å². The summed E-state index contributed by atoms with van der Waals surface area (Å²) >= 11 is 0. The third-order valence-corrected chi connectivity index (χ3v) is 3.21. The zero-order valence-corrected chi connectivity index (χ0v) is 9.60. The summed E-state index contributed by atoms with van der Waals surface area (Å²) in [4.78, 5) is 15.2. The molecule has 1 heterocycles. The third kappa shape index (κ3) is 3.73. The van der Waals surface area contributed by atoms with Crippen LogP contribution < -0.4 is 0 Å². The second kappa shape index (κ2) is 5.61. The molecule has 2 aliphatic rings. The van der Waals surface area contributed by atoms with Gasteiger partial charge in [0.2, 0.25) is 0 Å². The van der Waals surface area contributed by atoms with Crippen LogP contribution in [0.3, 0.4) is 0 Å². The first kappa shape index (κ1) is 11.8. The van der Waals surface area contributed by atoms with Crippen molar-refractivity contribution in [3.63, 3.8) is 0 Å². The van der Waals surface area contributed by atoms with E-state index in [1.54, 1.807) is 0 Å². The van der Waals surface area contributed by atoms with Gasteiger partial charge in [-0.05, 0) is 12.8 Å². The molecule has 1 aliphatic carbocycles. The molecule has 1 saturated carbocycles. The van der Waals surface area contributed by atoms with Crippen LogP contribution in [0.5, 0.6) is 0 Å². The molecule has 1 N–H and O–H groups in total. The van der Waals surface area contributed by atoms with Crippen LogP contribution in [0, 0.1) is 0 Å². The van der Waals surface area contributed by atoms with Crippen LogP contribution in [-0.2, 0) is 9.53 Å². The lowest BCUT2D eigenvalue weighted by Gasteiger charge is -2.29. The summed E-state index contributed by atoms with van der Waals surface area (Å²) in [5, 5.41) is 8.82. The molecule has 0 amide bonds. The second-order valence-electron chi connectivity index (χ2n) is 4.55. The Morgan fingerprint density at radius 1 is 1.38 bits per heavy atom. The zero-order valence-electron chi connectivity index (χ0n) is 9.60. The van der Waals surface area contributed by atoms with Gasteiger partial charge in [0.15, 0.2) is 0 Å². The van der Waals surface area contributed by atoms with Gasteiger partial charge in [0.25, 0.3) is 0 Å². The number of nitrogens with zero attached hydrogens (tertiary/aromatic N) is 2. The van der Waals surface area contributed by atoms with Crippen molar-refractivity contribution >= 4 is 5.97 Å². The molecule has 5 nitrogen and oxygen atoms in total. The summed E-state index contributed by atoms with van der Waals surface area (Å²) in [6.45, 7) is 5.60. The number of rotatable bonds is 6. The molecule has 5 heteroatoms. The molecular formula is C11H20N2O3. The number of hydrogen-bond acceptors (Lipinski definition) is 4. The SMILES string of the molecule is O=C(O)CN(CCN1CCOCC1)C1CC1. The molecule has 2 rings (SSSR count). The van der Waals surface area contributed by atoms with Crippen LogP contribution >= 0.6 is 0 Å². The molecule has 0 atom stereocenters. The number of carbonyl (C=O) groups is 1. The van der Waals surface area contributed by atoms with E-state index >= 15 is 0 Å². The van der Waals surface area contributed by atoms with Gasteiger partial charge in [0, 0.05) is 32.2 Å². The molecule has 1 aliphatic heterocycles. The summed E-state index contributed by atoms with van der Waals surface area (Å²) in [6, 6.07) is 0.525. The van der Waals surface area contributed by atoms with E-state index < -0.39 is 5.97 Å². The van der Waals surface area contributed by atoms with Crippen molar-refractivity contribution < 1.29 is 14.6 Å². The van der Waals surface area contributed by atoms with Crippen LogP contribution in [0.25, 0.3) is 0 Å². The van der Waals surface area contributed by atoms with Crippen molar-refractivity contribution in [3.05, 3.63) is 0 Å². The molecule has 0 unspecified atom stereocenters. The fraction of sp³-hybridized carbons (Fsp3) is 0.909. The van der Waals surface area contributed by atoms with Crippen molar-refractivity contribution in [3.8, 4) is 0 Å². The lowest BCUT2D eigenvalue weighted by molar-refractivity contribution is -0.138. The fourth-order valence-corrected chi connectivity index (χ4v) is 2.10. The van der Waals surface area contributed by atoms with E-state index in [4.69, 9.17) is 9.84 Å². The number of ether oxygens (including phenoxy) is 1. The maximum atomic E-state index is 10.7. The first-order valence-corrected chi connectivity index (χ1v) is 6.01. The lowest BCUT2D eigenvalue weighted by atomic mass is 10.3. The Labute approximate surface area is 96.0 Å². The standard InChI is InChI=1S/C11H20N2O3/c14-11(15)9-13(10-1-2-10)4-3-12-5-7-16-8-6-12/h10H,1-9H2,(H,14,15). The third-order valence-electron chi connectivity index (χ3n) is 3.21. The average Bonchev–Trinajstić information content (AvgIpc) is 3.09. The van der Waals surface area contributed by atoms with Crippen LogP contribution in [0.15, 0.2) is 0 Å². The second-order valence-corrected chi connectivity index (χ2v) is 4.55. The number of hydrogen-bond donors (Lipinski definition) is 1. The maximum absolute atomic E-state index is 10.7. The monoisotopic (exact) mass is 228 g/mol. The van der Waals surface area contributed by atoms with Crippen LogP contribution in [0.1, 0.15) is 12.8 Å². The van der Waals surface area contributed by atoms with E-state index in [-0.39, 0.29) is 6.54 Å². The Hall–Kier alpha value is -0.650. The molecule has 0 bridgehead atoms. The minimum Gasteiger partial charge on any atom is -0.480 e. The Balaban J connectivity index is 1.70.